The van der Waals surface area contributed by atoms with Crippen LogP contribution in [-0.4, -0.2) is 45.1 Å². The second-order valence-electron chi connectivity index (χ2n) is 9.88. The van der Waals surface area contributed by atoms with Crippen LogP contribution < -0.4 is 10.5 Å². The molecule has 3 N–H and O–H groups in total. The van der Waals surface area contributed by atoms with Crippen LogP contribution in [0.15, 0.2) is 82.7 Å². The van der Waals surface area contributed by atoms with Crippen molar-refractivity contribution >= 4 is 46.0 Å². The number of nitrogens with zero attached hydrogens (tertiary/aromatic N) is 1. The lowest BCUT2D eigenvalue weighted by molar-refractivity contribution is -0.139. The highest BCUT2D eigenvalue weighted by Crippen LogP contribution is 2.42. The van der Waals surface area contributed by atoms with Crippen LogP contribution in [0.3, 0.4) is 0 Å². The number of rotatable bonds is 11. The molecular weight excluding hydrogens is 604 g/mol. The summed E-state index contributed by atoms with van der Waals surface area (Å²) in [6.07, 6.45) is -3.06. The predicted molar refractivity (Wildman–Crippen MR) is 161 cm³/mol. The van der Waals surface area contributed by atoms with Crippen LogP contribution in [0.4, 0.5) is 17.6 Å². The Morgan fingerprint density at radius 3 is 2.40 bits per heavy atom. The first kappa shape index (κ1) is 32.2. The molecule has 0 saturated heterocycles. The number of hydrogen-bond donors (Lipinski definition) is 2. The molecule has 0 bridgehead atoms. The molecule has 3 atom stereocenters. The number of benzene rings is 3. The Morgan fingerprint density at radius 2 is 1.79 bits per heavy atom. The van der Waals surface area contributed by atoms with Gasteiger partial charge in [0.2, 0.25) is 0 Å². The normalized spacial score (nSPS) is 17.8. The van der Waals surface area contributed by atoms with Crippen molar-refractivity contribution in [3.05, 3.63) is 101 Å². The molecule has 0 fully saturated rings. The van der Waals surface area contributed by atoms with Crippen molar-refractivity contribution in [1.82, 2.24) is 0 Å². The van der Waals surface area contributed by atoms with Crippen molar-refractivity contribution in [2.75, 3.05) is 6.61 Å². The van der Waals surface area contributed by atoms with Crippen molar-refractivity contribution in [3.63, 3.8) is 0 Å². The number of aryl methyl sites for hydroxylation is 1. The summed E-state index contributed by atoms with van der Waals surface area (Å²) in [7, 11) is 0. The Hall–Kier alpha value is -3.77. The lowest BCUT2D eigenvalue weighted by atomic mass is 10.1. The highest BCUT2D eigenvalue weighted by atomic mass is 32.2. The standard InChI is InChI=1S/C31H28F4N2O4S2/c1-17-13-24(11-12-26(17)41-16-28(39)40)42-27(15-23(38)14-25(36)19-5-9-22(32)10-6-19)29-18(2)37-30(43-29)20-3-7-21(8-4-20)31(33,34)35/h3-14,18,27,29H,15-16,36H2,1-2H3,(H,39,40). The molecule has 12 heteroatoms. The van der Waals surface area contributed by atoms with E-state index in [0.717, 1.165) is 17.0 Å². The largest absolute Gasteiger partial charge is 0.482 e. The summed E-state index contributed by atoms with van der Waals surface area (Å²) in [4.78, 5) is 29.7. The predicted octanol–water partition coefficient (Wildman–Crippen LogP) is 6.99. The highest BCUT2D eigenvalue weighted by molar-refractivity contribution is 8.16. The van der Waals surface area contributed by atoms with E-state index in [4.69, 9.17) is 20.6 Å². The summed E-state index contributed by atoms with van der Waals surface area (Å²) >= 11 is 2.84. The van der Waals surface area contributed by atoms with Gasteiger partial charge in [0.15, 0.2) is 12.4 Å². The fourth-order valence-electron chi connectivity index (χ4n) is 4.40. The van der Waals surface area contributed by atoms with Crippen molar-refractivity contribution in [1.29, 1.82) is 0 Å². The van der Waals surface area contributed by atoms with Crippen LogP contribution in [0, 0.1) is 12.7 Å². The number of ketones is 1. The van der Waals surface area contributed by atoms with E-state index in [-0.39, 0.29) is 34.4 Å². The molecule has 43 heavy (non-hydrogen) atoms. The number of carbonyl (C=O) groups excluding carboxylic acids is 1. The third kappa shape index (κ3) is 8.64. The van der Waals surface area contributed by atoms with Gasteiger partial charge in [-0.05, 0) is 67.4 Å². The van der Waals surface area contributed by atoms with Crippen molar-refractivity contribution in [2.24, 2.45) is 10.7 Å². The molecule has 0 radical (unpaired) electrons. The van der Waals surface area contributed by atoms with Gasteiger partial charge < -0.3 is 15.6 Å². The SMILES string of the molecule is Cc1cc(SC(CC(=O)C=C(N)c2ccc(F)cc2)C2SC(c3ccc(C(F)(F)F)cc3)=NC2C)ccc1OCC(=O)O. The lowest BCUT2D eigenvalue weighted by Crippen LogP contribution is -2.29. The Kier molecular flexibility index (Phi) is 10.2. The van der Waals surface area contributed by atoms with Crippen LogP contribution in [0.5, 0.6) is 5.75 Å². The number of halogens is 4. The van der Waals surface area contributed by atoms with E-state index in [1.165, 1.54) is 66.0 Å². The van der Waals surface area contributed by atoms with E-state index in [0.29, 0.717) is 27.5 Å². The molecule has 0 saturated carbocycles. The zero-order chi connectivity index (χ0) is 31.3. The smallest absolute Gasteiger partial charge is 0.416 e. The fraction of sp³-hybridized carbons (Fsp3) is 0.258. The number of alkyl halides is 3. The van der Waals surface area contributed by atoms with E-state index >= 15 is 0 Å². The number of carboxylic acids is 1. The van der Waals surface area contributed by atoms with Gasteiger partial charge in [-0.2, -0.15) is 13.2 Å². The van der Waals surface area contributed by atoms with Crippen molar-refractivity contribution < 1.29 is 37.0 Å². The number of carboxylic acid groups (broad SMARTS) is 1. The second-order valence-corrected chi connectivity index (χ2v) is 12.4. The summed E-state index contributed by atoms with van der Waals surface area (Å²) in [6, 6.07) is 15.3. The summed E-state index contributed by atoms with van der Waals surface area (Å²) in [5, 5.41) is 8.96. The minimum absolute atomic E-state index is 0.0701. The summed E-state index contributed by atoms with van der Waals surface area (Å²) in [5.74, 6) is -1.36. The number of aliphatic imine (C=N–C) groups is 1. The van der Waals surface area contributed by atoms with E-state index in [1.54, 1.807) is 19.1 Å². The van der Waals surface area contributed by atoms with Gasteiger partial charge in [-0.15, -0.1) is 11.8 Å². The molecule has 1 aliphatic heterocycles. The van der Waals surface area contributed by atoms with Gasteiger partial charge in [0, 0.05) is 39.2 Å². The summed E-state index contributed by atoms with van der Waals surface area (Å²) in [6.45, 7) is 3.20. The monoisotopic (exact) mass is 632 g/mol. The molecule has 3 aromatic rings. The topological polar surface area (TPSA) is 102 Å². The number of thioether (sulfide) groups is 2. The average Bonchev–Trinajstić information content (AvgIpc) is 3.33. The average molecular weight is 633 g/mol. The number of carbonyl (C=O) groups is 2. The number of ether oxygens (including phenoxy) is 1. The van der Waals surface area contributed by atoms with Gasteiger partial charge >= 0.3 is 12.1 Å². The van der Waals surface area contributed by atoms with Gasteiger partial charge in [0.25, 0.3) is 0 Å². The third-order valence-electron chi connectivity index (χ3n) is 6.55. The number of hydrogen-bond acceptors (Lipinski definition) is 7. The molecule has 6 nitrogen and oxygen atoms in total. The van der Waals surface area contributed by atoms with E-state index in [2.05, 4.69) is 0 Å². The molecule has 0 aromatic heterocycles. The summed E-state index contributed by atoms with van der Waals surface area (Å²) in [5.41, 5.74) is 7.34. The van der Waals surface area contributed by atoms with Crippen LogP contribution in [0.1, 0.15) is 35.6 Å². The molecule has 1 heterocycles. The Balaban J connectivity index is 1.57. The molecule has 0 aliphatic carbocycles. The molecule has 3 unspecified atom stereocenters. The van der Waals surface area contributed by atoms with Gasteiger partial charge in [-0.1, -0.05) is 36.0 Å². The van der Waals surface area contributed by atoms with Gasteiger partial charge in [0.05, 0.1) is 16.6 Å². The number of nitrogens with two attached hydrogens (primary N) is 1. The summed E-state index contributed by atoms with van der Waals surface area (Å²) < 4.78 is 57.9. The quantitative estimate of drug-likeness (QED) is 0.134. The minimum Gasteiger partial charge on any atom is -0.482 e. The molecule has 1 aliphatic rings. The maximum Gasteiger partial charge on any atom is 0.416 e. The fourth-order valence-corrected chi connectivity index (χ4v) is 7.35. The Bertz CT molecular complexity index is 1540. The van der Waals surface area contributed by atoms with Crippen LogP contribution in [0.2, 0.25) is 0 Å². The van der Waals surface area contributed by atoms with Crippen LogP contribution in [0.25, 0.3) is 5.70 Å². The van der Waals surface area contributed by atoms with Crippen molar-refractivity contribution in [2.45, 2.75) is 47.9 Å². The first-order valence-corrected chi connectivity index (χ1v) is 14.9. The van der Waals surface area contributed by atoms with Crippen molar-refractivity contribution in [3.8, 4) is 5.75 Å². The molecule has 226 valence electrons. The first-order chi connectivity index (χ1) is 20.3. The highest BCUT2D eigenvalue weighted by Gasteiger charge is 2.36. The maximum atomic E-state index is 13.3. The van der Waals surface area contributed by atoms with Gasteiger partial charge in [0.1, 0.15) is 11.6 Å². The van der Waals surface area contributed by atoms with Crippen LogP contribution >= 0.6 is 23.5 Å². The van der Waals surface area contributed by atoms with E-state index in [9.17, 15) is 27.2 Å². The molecule has 0 amide bonds. The van der Waals surface area contributed by atoms with E-state index < -0.39 is 30.1 Å². The molecular formula is C31H28F4N2O4S2. The Labute approximate surface area is 254 Å². The zero-order valence-corrected chi connectivity index (χ0v) is 24.7. The minimum atomic E-state index is -4.45. The lowest BCUT2D eigenvalue weighted by Gasteiger charge is -2.24. The second kappa shape index (κ2) is 13.7. The Morgan fingerprint density at radius 1 is 1.12 bits per heavy atom. The molecule has 4 rings (SSSR count). The maximum absolute atomic E-state index is 13.3. The molecule has 3 aromatic carbocycles. The van der Waals surface area contributed by atoms with Gasteiger partial charge in [-0.3, -0.25) is 9.79 Å². The third-order valence-corrected chi connectivity index (χ3v) is 9.57. The zero-order valence-electron chi connectivity index (χ0n) is 23.1. The van der Waals surface area contributed by atoms with Gasteiger partial charge in [-0.25, -0.2) is 9.18 Å². The first-order valence-electron chi connectivity index (χ1n) is 13.1. The number of allylic oxidation sites excluding steroid dienone is 1. The van der Waals surface area contributed by atoms with Crippen LogP contribution in [-0.2, 0) is 15.8 Å². The number of aliphatic carboxylic acids is 1. The molecule has 0 spiro atoms. The van der Waals surface area contributed by atoms with E-state index in [1.807, 2.05) is 13.0 Å².